The van der Waals surface area contributed by atoms with Gasteiger partial charge in [-0.3, -0.25) is 14.1 Å². The molecule has 0 aromatic rings. The smallest absolute Gasteiger partial charge is 0.315 e. The lowest BCUT2D eigenvalue weighted by atomic mass is 9.91. The minimum atomic E-state index is -0.837. The Labute approximate surface area is 103 Å². The number of esters is 1. The Morgan fingerprint density at radius 3 is 2.24 bits per heavy atom. The lowest BCUT2D eigenvalue weighted by Gasteiger charge is -2.30. The number of carbonyl (C=O) groups is 2. The van der Waals surface area contributed by atoms with Crippen LogP contribution in [0.3, 0.4) is 0 Å². The summed E-state index contributed by atoms with van der Waals surface area (Å²) in [6.07, 6.45) is 0.788. The van der Waals surface area contributed by atoms with Crippen molar-refractivity contribution in [2.75, 3.05) is 27.4 Å². The molecule has 0 aliphatic carbocycles. The van der Waals surface area contributed by atoms with Crippen LogP contribution in [-0.2, 0) is 14.3 Å². The number of carbonyl (C=O) groups excluding carboxylic acids is 1. The first-order valence-electron chi connectivity index (χ1n) is 5.82. The minimum Gasteiger partial charge on any atom is -0.481 e. The van der Waals surface area contributed by atoms with Crippen molar-refractivity contribution in [2.24, 2.45) is 5.41 Å². The van der Waals surface area contributed by atoms with E-state index in [1.54, 1.807) is 0 Å². The molecule has 0 amide bonds. The molecule has 0 atom stereocenters. The molecule has 5 nitrogen and oxygen atoms in total. The van der Waals surface area contributed by atoms with E-state index < -0.39 is 11.4 Å². The maximum Gasteiger partial charge on any atom is 0.315 e. The summed E-state index contributed by atoms with van der Waals surface area (Å²) in [7, 11) is 3.68. The Morgan fingerprint density at radius 1 is 1.29 bits per heavy atom. The average Bonchev–Trinajstić information content (AvgIpc) is 2.23. The summed E-state index contributed by atoms with van der Waals surface area (Å²) in [5.74, 6) is -1.07. The SMILES string of the molecule is CCC(C)(C)C(=O)OC[N+](C)(C)CCC(=O)O. The molecule has 17 heavy (non-hydrogen) atoms. The Balaban J connectivity index is 4.18. The molecule has 0 heterocycles. The van der Waals surface area contributed by atoms with Gasteiger partial charge >= 0.3 is 11.9 Å². The van der Waals surface area contributed by atoms with Gasteiger partial charge in [0.1, 0.15) is 0 Å². The van der Waals surface area contributed by atoms with E-state index in [0.717, 1.165) is 0 Å². The molecule has 0 aromatic carbocycles. The van der Waals surface area contributed by atoms with E-state index in [2.05, 4.69) is 0 Å². The lowest BCUT2D eigenvalue weighted by Crippen LogP contribution is -2.45. The summed E-state index contributed by atoms with van der Waals surface area (Å²) in [5.41, 5.74) is -0.479. The molecule has 100 valence electrons. The first-order valence-corrected chi connectivity index (χ1v) is 5.82. The van der Waals surface area contributed by atoms with E-state index in [-0.39, 0.29) is 19.1 Å². The zero-order valence-electron chi connectivity index (χ0n) is 11.4. The first-order chi connectivity index (χ1) is 7.60. The van der Waals surface area contributed by atoms with Crippen LogP contribution < -0.4 is 0 Å². The normalized spacial score (nSPS) is 12.3. The number of hydrogen-bond acceptors (Lipinski definition) is 3. The van der Waals surface area contributed by atoms with Crippen LogP contribution >= 0.6 is 0 Å². The maximum atomic E-state index is 11.7. The monoisotopic (exact) mass is 246 g/mol. The Hall–Kier alpha value is -1.10. The van der Waals surface area contributed by atoms with Gasteiger partial charge in [-0.15, -0.1) is 0 Å². The summed E-state index contributed by atoms with van der Waals surface area (Å²) < 4.78 is 5.59. The van der Waals surface area contributed by atoms with Gasteiger partial charge in [-0.05, 0) is 20.3 Å². The molecule has 0 saturated carbocycles. The molecule has 1 N–H and O–H groups in total. The van der Waals surface area contributed by atoms with Gasteiger partial charge < -0.3 is 9.84 Å². The van der Waals surface area contributed by atoms with Gasteiger partial charge in [0.25, 0.3) is 0 Å². The van der Waals surface area contributed by atoms with Crippen molar-refractivity contribution in [2.45, 2.75) is 33.6 Å². The highest BCUT2D eigenvalue weighted by atomic mass is 16.5. The van der Waals surface area contributed by atoms with Gasteiger partial charge in [0.05, 0.1) is 32.5 Å². The fourth-order valence-electron chi connectivity index (χ4n) is 1.04. The highest BCUT2D eigenvalue weighted by Gasteiger charge is 2.29. The largest absolute Gasteiger partial charge is 0.481 e. The standard InChI is InChI=1S/C12H23NO4/c1-6-12(2,3)11(16)17-9-13(4,5)8-7-10(14)15/h6-9H2,1-5H3/p+1. The predicted molar refractivity (Wildman–Crippen MR) is 64.3 cm³/mol. The first kappa shape index (κ1) is 15.9. The summed E-state index contributed by atoms with van der Waals surface area (Å²) in [6.45, 7) is 6.26. The van der Waals surface area contributed by atoms with Crippen molar-refractivity contribution < 1.29 is 23.9 Å². The second kappa shape index (κ2) is 6.00. The van der Waals surface area contributed by atoms with Gasteiger partial charge in [-0.25, -0.2) is 0 Å². The molecular formula is C12H24NO4+. The Bertz CT molecular complexity index is 284. The molecule has 0 fully saturated rings. The highest BCUT2D eigenvalue weighted by molar-refractivity contribution is 5.75. The van der Waals surface area contributed by atoms with Crippen molar-refractivity contribution in [3.63, 3.8) is 0 Å². The van der Waals surface area contributed by atoms with E-state index in [9.17, 15) is 9.59 Å². The van der Waals surface area contributed by atoms with Crippen LogP contribution in [0.4, 0.5) is 0 Å². The fourth-order valence-corrected chi connectivity index (χ4v) is 1.04. The number of carboxylic acids is 1. The molecule has 0 saturated heterocycles. The van der Waals surface area contributed by atoms with Crippen LogP contribution in [0.1, 0.15) is 33.6 Å². The molecule has 0 aliphatic rings. The number of aliphatic carboxylic acids is 1. The topological polar surface area (TPSA) is 63.6 Å². The van der Waals surface area contributed by atoms with Gasteiger partial charge in [0.2, 0.25) is 6.73 Å². The van der Waals surface area contributed by atoms with Crippen molar-refractivity contribution >= 4 is 11.9 Å². The van der Waals surface area contributed by atoms with Crippen molar-refractivity contribution in [3.05, 3.63) is 0 Å². The average molecular weight is 246 g/mol. The zero-order chi connectivity index (χ0) is 13.7. The number of quaternary nitrogens is 1. The molecule has 0 spiro atoms. The summed E-state index contributed by atoms with van der Waals surface area (Å²) in [6, 6.07) is 0. The van der Waals surface area contributed by atoms with Crippen molar-refractivity contribution in [1.29, 1.82) is 0 Å². The van der Waals surface area contributed by atoms with Crippen LogP contribution in [-0.4, -0.2) is 48.9 Å². The molecule has 0 aromatic heterocycles. The van der Waals surface area contributed by atoms with Crippen LogP contribution in [0.2, 0.25) is 0 Å². The van der Waals surface area contributed by atoms with Gasteiger partial charge in [0, 0.05) is 0 Å². The van der Waals surface area contributed by atoms with Crippen LogP contribution in [0.25, 0.3) is 0 Å². The number of carboxylic acid groups (broad SMARTS) is 1. The van der Waals surface area contributed by atoms with E-state index in [1.165, 1.54) is 0 Å². The summed E-state index contributed by atoms with van der Waals surface area (Å²) in [5, 5.41) is 8.60. The second-order valence-corrected chi connectivity index (χ2v) is 5.60. The second-order valence-electron chi connectivity index (χ2n) is 5.60. The van der Waals surface area contributed by atoms with Crippen molar-refractivity contribution in [3.8, 4) is 0 Å². The zero-order valence-corrected chi connectivity index (χ0v) is 11.4. The third-order valence-electron chi connectivity index (χ3n) is 2.91. The Morgan fingerprint density at radius 2 is 1.82 bits per heavy atom. The third kappa shape index (κ3) is 6.26. The van der Waals surface area contributed by atoms with Crippen molar-refractivity contribution in [1.82, 2.24) is 0 Å². The Kier molecular flexibility index (Phi) is 5.61. The lowest BCUT2D eigenvalue weighted by molar-refractivity contribution is -0.906. The van der Waals surface area contributed by atoms with Crippen LogP contribution in [0.15, 0.2) is 0 Å². The van der Waals surface area contributed by atoms with Gasteiger partial charge in [0.15, 0.2) is 0 Å². The van der Waals surface area contributed by atoms with E-state index in [4.69, 9.17) is 9.84 Å². The molecule has 0 bridgehead atoms. The van der Waals surface area contributed by atoms with Gasteiger partial charge in [-0.1, -0.05) is 6.92 Å². The van der Waals surface area contributed by atoms with Crippen LogP contribution in [0, 0.1) is 5.41 Å². The number of ether oxygens (including phenoxy) is 1. The number of hydrogen-bond donors (Lipinski definition) is 1. The quantitative estimate of drug-likeness (QED) is 0.420. The molecular weight excluding hydrogens is 222 g/mol. The molecule has 5 heteroatoms. The van der Waals surface area contributed by atoms with E-state index >= 15 is 0 Å². The third-order valence-corrected chi connectivity index (χ3v) is 2.91. The van der Waals surface area contributed by atoms with E-state index in [1.807, 2.05) is 34.9 Å². The minimum absolute atomic E-state index is 0.0712. The number of rotatable bonds is 7. The molecule has 0 unspecified atom stereocenters. The van der Waals surface area contributed by atoms with Gasteiger partial charge in [-0.2, -0.15) is 0 Å². The summed E-state index contributed by atoms with van der Waals surface area (Å²) >= 11 is 0. The van der Waals surface area contributed by atoms with E-state index in [0.29, 0.717) is 17.4 Å². The molecule has 0 radical (unpaired) electrons. The van der Waals surface area contributed by atoms with Crippen LogP contribution in [0.5, 0.6) is 0 Å². The fraction of sp³-hybridized carbons (Fsp3) is 0.833. The maximum absolute atomic E-state index is 11.7. The highest BCUT2D eigenvalue weighted by Crippen LogP contribution is 2.21. The molecule has 0 rings (SSSR count). The predicted octanol–water partition coefficient (Wildman–Crippen LogP) is 1.47. The summed E-state index contributed by atoms with van der Waals surface area (Å²) in [4.78, 5) is 22.2. The molecule has 0 aliphatic heterocycles. The number of nitrogens with zero attached hydrogens (tertiary/aromatic N) is 1.